The lowest BCUT2D eigenvalue weighted by molar-refractivity contribution is 0.321. The molecule has 0 amide bonds. The van der Waals surface area contributed by atoms with E-state index in [1.54, 1.807) is 0 Å². The van der Waals surface area contributed by atoms with Gasteiger partial charge in [-0.15, -0.1) is 4.52 Å². The Balaban J connectivity index is 3.01. The average molecular weight is 175 g/mol. The van der Waals surface area contributed by atoms with Crippen molar-refractivity contribution in [1.29, 1.82) is 0 Å². The molecule has 0 saturated carbocycles. The monoisotopic (exact) mass is 175 g/mol. The molecule has 0 aromatic heterocycles. The molecule has 0 bridgehead atoms. The minimum atomic E-state index is -1.59. The Morgan fingerprint density at radius 1 is 1.45 bits per heavy atom. The molecule has 1 unspecified atom stereocenters. The molecule has 0 aliphatic heterocycles. The number of hydrogen-bond donors (Lipinski definition) is 0. The predicted molar refractivity (Wildman–Crippen MR) is 47.9 cm³/mol. The minimum Gasteiger partial charge on any atom is -0.142 e. The zero-order chi connectivity index (χ0) is 8.53. The van der Waals surface area contributed by atoms with Gasteiger partial charge >= 0.3 is 8.03 Å². The van der Waals surface area contributed by atoms with Gasteiger partial charge in [-0.1, -0.05) is 26.2 Å². The summed E-state index contributed by atoms with van der Waals surface area (Å²) >= 11 is 0. The molecule has 0 N–H and O–H groups in total. The van der Waals surface area contributed by atoms with Gasteiger partial charge in [0.05, 0.1) is 0 Å². The first kappa shape index (κ1) is 10.8. The van der Waals surface area contributed by atoms with Crippen LogP contribution in [0.25, 0.3) is 0 Å². The molecule has 0 aromatic rings. The van der Waals surface area contributed by atoms with Crippen LogP contribution in [0.15, 0.2) is 12.4 Å². The first-order valence-electron chi connectivity index (χ1n) is 4.03. The van der Waals surface area contributed by atoms with E-state index in [0.717, 1.165) is 12.8 Å². The van der Waals surface area contributed by atoms with Gasteiger partial charge in [0.1, 0.15) is 6.61 Å². The summed E-state index contributed by atoms with van der Waals surface area (Å²) in [7, 11) is -1.59. The standard InChI is InChI=1S/C8H16O2P/c1-3-5-6-7-8-10-11(9)4-2/h4H,2-3,5-8H2,1H3/q+1. The van der Waals surface area contributed by atoms with Crippen LogP contribution in [-0.4, -0.2) is 6.61 Å². The van der Waals surface area contributed by atoms with Crippen molar-refractivity contribution in [1.82, 2.24) is 0 Å². The lowest BCUT2D eigenvalue weighted by Crippen LogP contribution is -1.85. The highest BCUT2D eigenvalue weighted by atomic mass is 31.1. The summed E-state index contributed by atoms with van der Waals surface area (Å²) in [5, 5.41) is 0. The van der Waals surface area contributed by atoms with Crippen LogP contribution in [0.4, 0.5) is 0 Å². The van der Waals surface area contributed by atoms with Gasteiger partial charge in [-0.25, -0.2) is 0 Å². The number of rotatable bonds is 7. The van der Waals surface area contributed by atoms with Crippen molar-refractivity contribution in [2.24, 2.45) is 0 Å². The van der Waals surface area contributed by atoms with Crippen LogP contribution in [0, 0.1) is 0 Å². The lowest BCUT2D eigenvalue weighted by atomic mass is 10.2. The molecule has 2 nitrogen and oxygen atoms in total. The van der Waals surface area contributed by atoms with Crippen LogP contribution in [0.1, 0.15) is 32.6 Å². The maximum atomic E-state index is 10.7. The summed E-state index contributed by atoms with van der Waals surface area (Å²) in [6, 6.07) is 0. The Morgan fingerprint density at radius 2 is 2.18 bits per heavy atom. The van der Waals surface area contributed by atoms with Gasteiger partial charge in [0.2, 0.25) is 0 Å². The minimum absolute atomic E-state index is 0.598. The second-order valence-corrected chi connectivity index (χ2v) is 3.56. The van der Waals surface area contributed by atoms with Crippen LogP contribution in [-0.2, 0) is 9.09 Å². The van der Waals surface area contributed by atoms with E-state index < -0.39 is 8.03 Å². The number of hydrogen-bond acceptors (Lipinski definition) is 2. The summed E-state index contributed by atoms with van der Waals surface area (Å²) in [6.45, 7) is 6.12. The lowest BCUT2D eigenvalue weighted by Gasteiger charge is -1.92. The highest BCUT2D eigenvalue weighted by Gasteiger charge is 2.08. The first-order chi connectivity index (χ1) is 5.31. The molecule has 0 aliphatic rings. The van der Waals surface area contributed by atoms with Crippen molar-refractivity contribution in [2.75, 3.05) is 6.61 Å². The Bertz CT molecular complexity index is 123. The Labute approximate surface area is 69.5 Å². The molecule has 0 aliphatic carbocycles. The second kappa shape index (κ2) is 7.90. The molecule has 1 atom stereocenters. The normalized spacial score (nSPS) is 11.2. The molecule has 0 fully saturated rings. The fourth-order valence-electron chi connectivity index (χ4n) is 0.736. The van der Waals surface area contributed by atoms with Gasteiger partial charge in [0.25, 0.3) is 0 Å². The molecule has 0 spiro atoms. The topological polar surface area (TPSA) is 26.3 Å². The molecular weight excluding hydrogens is 159 g/mol. The number of unbranched alkanes of at least 4 members (excludes halogenated alkanes) is 3. The van der Waals surface area contributed by atoms with Gasteiger partial charge in [-0.3, -0.25) is 0 Å². The molecular formula is C8H16O2P+. The summed E-state index contributed by atoms with van der Waals surface area (Å²) in [6.07, 6.45) is 4.61. The maximum absolute atomic E-state index is 10.7. The zero-order valence-corrected chi connectivity index (χ0v) is 7.98. The summed E-state index contributed by atoms with van der Waals surface area (Å²) in [4.78, 5) is 0. The van der Waals surface area contributed by atoms with E-state index in [1.165, 1.54) is 18.7 Å². The molecule has 0 rings (SSSR count). The van der Waals surface area contributed by atoms with Gasteiger partial charge < -0.3 is 0 Å². The third kappa shape index (κ3) is 7.70. The molecule has 0 aromatic carbocycles. The molecule has 11 heavy (non-hydrogen) atoms. The summed E-state index contributed by atoms with van der Waals surface area (Å²) in [5.74, 6) is 1.34. The van der Waals surface area contributed by atoms with E-state index in [9.17, 15) is 4.57 Å². The van der Waals surface area contributed by atoms with E-state index in [4.69, 9.17) is 4.52 Å². The zero-order valence-electron chi connectivity index (χ0n) is 7.08. The quantitative estimate of drug-likeness (QED) is 0.437. The van der Waals surface area contributed by atoms with Crippen molar-refractivity contribution < 1.29 is 9.09 Å². The van der Waals surface area contributed by atoms with E-state index in [1.807, 2.05) is 0 Å². The maximum Gasteiger partial charge on any atom is 0.540 e. The van der Waals surface area contributed by atoms with Gasteiger partial charge in [-0.05, 0) is 17.6 Å². The van der Waals surface area contributed by atoms with E-state index >= 15 is 0 Å². The fourth-order valence-corrected chi connectivity index (χ4v) is 1.15. The van der Waals surface area contributed by atoms with Gasteiger partial charge in [0, 0.05) is 0 Å². The van der Waals surface area contributed by atoms with Crippen molar-refractivity contribution >= 4 is 8.03 Å². The molecule has 0 heterocycles. The van der Waals surface area contributed by atoms with Crippen LogP contribution in [0.3, 0.4) is 0 Å². The van der Waals surface area contributed by atoms with Crippen molar-refractivity contribution in [3.8, 4) is 0 Å². The highest BCUT2D eigenvalue weighted by molar-refractivity contribution is 7.42. The molecule has 0 saturated heterocycles. The third-order valence-corrected chi connectivity index (χ3v) is 2.10. The van der Waals surface area contributed by atoms with Crippen molar-refractivity contribution in [3.63, 3.8) is 0 Å². The van der Waals surface area contributed by atoms with Gasteiger partial charge in [-0.2, -0.15) is 0 Å². The second-order valence-electron chi connectivity index (χ2n) is 2.36. The van der Waals surface area contributed by atoms with Crippen LogP contribution in [0.5, 0.6) is 0 Å². The van der Waals surface area contributed by atoms with Crippen LogP contribution < -0.4 is 0 Å². The Morgan fingerprint density at radius 3 is 2.73 bits per heavy atom. The van der Waals surface area contributed by atoms with Crippen LogP contribution in [0.2, 0.25) is 0 Å². The first-order valence-corrected chi connectivity index (χ1v) is 5.27. The highest BCUT2D eigenvalue weighted by Crippen LogP contribution is 2.22. The summed E-state index contributed by atoms with van der Waals surface area (Å²) in [5.41, 5.74) is 0. The fraction of sp³-hybridized carbons (Fsp3) is 0.750. The van der Waals surface area contributed by atoms with E-state index in [0.29, 0.717) is 6.61 Å². The molecule has 0 radical (unpaired) electrons. The smallest absolute Gasteiger partial charge is 0.142 e. The van der Waals surface area contributed by atoms with E-state index in [-0.39, 0.29) is 0 Å². The molecule has 3 heteroatoms. The Hall–Kier alpha value is -0.200. The van der Waals surface area contributed by atoms with Crippen molar-refractivity contribution in [3.05, 3.63) is 12.4 Å². The third-order valence-electron chi connectivity index (χ3n) is 1.37. The summed E-state index contributed by atoms with van der Waals surface area (Å²) < 4.78 is 15.6. The van der Waals surface area contributed by atoms with Crippen molar-refractivity contribution in [2.45, 2.75) is 32.6 Å². The average Bonchev–Trinajstić information content (AvgIpc) is 2.04. The Kier molecular flexibility index (Phi) is 7.76. The van der Waals surface area contributed by atoms with Gasteiger partial charge in [0.15, 0.2) is 5.82 Å². The van der Waals surface area contributed by atoms with E-state index in [2.05, 4.69) is 13.5 Å². The largest absolute Gasteiger partial charge is 0.540 e. The molecule has 64 valence electrons. The van der Waals surface area contributed by atoms with Crippen LogP contribution >= 0.6 is 8.03 Å². The predicted octanol–water partition coefficient (Wildman–Crippen LogP) is 3.47. The SMILES string of the molecule is C=C[P+](=O)OCCCCCC.